The Labute approximate surface area is 131 Å². The number of amides is 1. The number of nitrogens with two attached hydrogens (primary N) is 1. The molecular formula is C16H14N6O. The van der Waals surface area contributed by atoms with Gasteiger partial charge >= 0.3 is 0 Å². The van der Waals surface area contributed by atoms with Crippen LogP contribution in [0.2, 0.25) is 0 Å². The van der Waals surface area contributed by atoms with Gasteiger partial charge in [-0.15, -0.1) is 0 Å². The number of aromatic nitrogens is 5. The second-order valence-electron chi connectivity index (χ2n) is 5.50. The summed E-state index contributed by atoms with van der Waals surface area (Å²) in [5, 5.41) is 4.17. The highest BCUT2D eigenvalue weighted by Gasteiger charge is 2.14. The average Bonchev–Trinajstić information content (AvgIpc) is 3.11. The highest BCUT2D eigenvalue weighted by Crippen LogP contribution is 2.24. The van der Waals surface area contributed by atoms with Gasteiger partial charge in [-0.1, -0.05) is 6.07 Å². The Kier molecular flexibility index (Phi) is 2.71. The van der Waals surface area contributed by atoms with Crippen LogP contribution in [0.15, 0.2) is 36.8 Å². The number of hydrogen-bond acceptors (Lipinski definition) is 4. The zero-order valence-electron chi connectivity index (χ0n) is 12.7. The van der Waals surface area contributed by atoms with Crippen molar-refractivity contribution in [2.75, 3.05) is 0 Å². The van der Waals surface area contributed by atoms with Crippen LogP contribution in [0.4, 0.5) is 0 Å². The highest BCUT2D eigenvalue weighted by atomic mass is 16.1. The summed E-state index contributed by atoms with van der Waals surface area (Å²) < 4.78 is 3.57. The Balaban J connectivity index is 1.97. The van der Waals surface area contributed by atoms with Gasteiger partial charge in [0.05, 0.1) is 29.3 Å². The monoisotopic (exact) mass is 306 g/mol. The standard InChI is InChI=1S/C16H14N6O/c1-9-5-13(20-16-11(15(17)23)7-19-22(9)16)10-3-4-12-14(6-10)21(2)8-18-12/h3-8H,1-2H3,(H2,17,23). The molecule has 2 N–H and O–H groups in total. The molecule has 0 fully saturated rings. The van der Waals surface area contributed by atoms with Crippen molar-refractivity contribution in [3.05, 3.63) is 48.0 Å². The number of nitrogens with zero attached hydrogens (tertiary/aromatic N) is 5. The number of carbonyl (C=O) groups excluding carboxylic acids is 1. The third-order valence-electron chi connectivity index (χ3n) is 3.94. The summed E-state index contributed by atoms with van der Waals surface area (Å²) in [6.07, 6.45) is 3.23. The van der Waals surface area contributed by atoms with E-state index >= 15 is 0 Å². The molecule has 3 aromatic heterocycles. The Hall–Kier alpha value is -3.22. The van der Waals surface area contributed by atoms with Crippen LogP contribution in [0.5, 0.6) is 0 Å². The quantitative estimate of drug-likeness (QED) is 0.610. The number of carbonyl (C=O) groups is 1. The van der Waals surface area contributed by atoms with Gasteiger partial charge in [-0.3, -0.25) is 4.79 Å². The van der Waals surface area contributed by atoms with E-state index in [0.717, 1.165) is 28.0 Å². The Morgan fingerprint density at radius 2 is 2.09 bits per heavy atom. The second-order valence-corrected chi connectivity index (χ2v) is 5.50. The maximum atomic E-state index is 11.5. The van der Waals surface area contributed by atoms with Crippen LogP contribution in [0.25, 0.3) is 27.9 Å². The van der Waals surface area contributed by atoms with E-state index in [4.69, 9.17) is 5.73 Å². The molecule has 0 atom stereocenters. The van der Waals surface area contributed by atoms with E-state index in [-0.39, 0.29) is 0 Å². The fraction of sp³-hybridized carbons (Fsp3) is 0.125. The molecule has 0 radical (unpaired) electrons. The summed E-state index contributed by atoms with van der Waals surface area (Å²) >= 11 is 0. The predicted molar refractivity (Wildman–Crippen MR) is 85.9 cm³/mol. The normalized spacial score (nSPS) is 11.4. The first-order valence-electron chi connectivity index (χ1n) is 7.11. The molecule has 0 aliphatic heterocycles. The zero-order valence-corrected chi connectivity index (χ0v) is 12.7. The van der Waals surface area contributed by atoms with Gasteiger partial charge in [0.15, 0.2) is 5.65 Å². The minimum absolute atomic E-state index is 0.316. The maximum Gasteiger partial charge on any atom is 0.254 e. The third kappa shape index (κ3) is 1.97. The van der Waals surface area contributed by atoms with Crippen molar-refractivity contribution in [1.29, 1.82) is 0 Å². The fourth-order valence-corrected chi connectivity index (χ4v) is 2.72. The lowest BCUT2D eigenvalue weighted by molar-refractivity contribution is 0.100. The van der Waals surface area contributed by atoms with Gasteiger partial charge in [0, 0.05) is 18.3 Å². The van der Waals surface area contributed by atoms with Gasteiger partial charge in [-0.25, -0.2) is 14.5 Å². The van der Waals surface area contributed by atoms with Crippen molar-refractivity contribution in [2.45, 2.75) is 6.92 Å². The van der Waals surface area contributed by atoms with E-state index in [2.05, 4.69) is 15.1 Å². The van der Waals surface area contributed by atoms with Crippen molar-refractivity contribution >= 4 is 22.6 Å². The summed E-state index contributed by atoms with van der Waals surface area (Å²) in [7, 11) is 1.95. The van der Waals surface area contributed by atoms with Crippen LogP contribution in [0.1, 0.15) is 16.1 Å². The van der Waals surface area contributed by atoms with Gasteiger partial charge in [0.1, 0.15) is 5.56 Å². The molecule has 0 unspecified atom stereocenters. The van der Waals surface area contributed by atoms with Gasteiger partial charge in [0.2, 0.25) is 0 Å². The number of fused-ring (bicyclic) bond motifs is 2. The molecule has 114 valence electrons. The fourth-order valence-electron chi connectivity index (χ4n) is 2.72. The molecule has 0 aliphatic carbocycles. The number of hydrogen-bond donors (Lipinski definition) is 1. The largest absolute Gasteiger partial charge is 0.365 e. The minimum Gasteiger partial charge on any atom is -0.365 e. The molecule has 4 rings (SSSR count). The molecule has 0 spiro atoms. The lowest BCUT2D eigenvalue weighted by atomic mass is 10.1. The van der Waals surface area contributed by atoms with Crippen LogP contribution >= 0.6 is 0 Å². The lowest BCUT2D eigenvalue weighted by Crippen LogP contribution is -2.11. The lowest BCUT2D eigenvalue weighted by Gasteiger charge is -2.06. The van der Waals surface area contributed by atoms with Crippen LogP contribution in [0.3, 0.4) is 0 Å². The van der Waals surface area contributed by atoms with Crippen molar-refractivity contribution < 1.29 is 4.79 Å². The molecule has 7 nitrogen and oxygen atoms in total. The topological polar surface area (TPSA) is 91.1 Å². The Morgan fingerprint density at radius 1 is 1.26 bits per heavy atom. The maximum absolute atomic E-state index is 11.5. The van der Waals surface area contributed by atoms with Crippen molar-refractivity contribution in [3.8, 4) is 11.3 Å². The summed E-state index contributed by atoms with van der Waals surface area (Å²) in [4.78, 5) is 20.4. The molecule has 23 heavy (non-hydrogen) atoms. The molecule has 0 aliphatic rings. The van der Waals surface area contributed by atoms with Crippen LogP contribution in [-0.4, -0.2) is 30.1 Å². The van der Waals surface area contributed by atoms with Gasteiger partial charge in [0.25, 0.3) is 5.91 Å². The average molecular weight is 306 g/mol. The molecule has 1 aromatic carbocycles. The number of imidazole rings is 1. The van der Waals surface area contributed by atoms with E-state index in [9.17, 15) is 4.79 Å². The van der Waals surface area contributed by atoms with Crippen LogP contribution in [0, 0.1) is 6.92 Å². The Morgan fingerprint density at radius 3 is 2.87 bits per heavy atom. The number of primary amides is 1. The van der Waals surface area contributed by atoms with E-state index < -0.39 is 5.91 Å². The molecule has 3 heterocycles. The number of aryl methyl sites for hydroxylation is 2. The van der Waals surface area contributed by atoms with E-state index in [1.807, 2.05) is 42.8 Å². The van der Waals surface area contributed by atoms with Crippen molar-refractivity contribution in [3.63, 3.8) is 0 Å². The number of benzene rings is 1. The first kappa shape index (κ1) is 13.4. The molecular weight excluding hydrogens is 292 g/mol. The van der Waals surface area contributed by atoms with E-state index in [0.29, 0.717) is 11.2 Å². The zero-order chi connectivity index (χ0) is 16.1. The summed E-state index contributed by atoms with van der Waals surface area (Å²) in [6.45, 7) is 1.92. The molecule has 1 amide bonds. The van der Waals surface area contributed by atoms with Crippen molar-refractivity contribution in [1.82, 2.24) is 24.1 Å². The van der Waals surface area contributed by atoms with Crippen molar-refractivity contribution in [2.24, 2.45) is 12.8 Å². The first-order valence-corrected chi connectivity index (χ1v) is 7.11. The summed E-state index contributed by atoms with van der Waals surface area (Å²) in [5.74, 6) is -0.536. The first-order chi connectivity index (χ1) is 11.0. The molecule has 0 bridgehead atoms. The Bertz CT molecular complexity index is 1080. The molecule has 7 heteroatoms. The third-order valence-corrected chi connectivity index (χ3v) is 3.94. The van der Waals surface area contributed by atoms with E-state index in [1.54, 1.807) is 10.8 Å². The van der Waals surface area contributed by atoms with Crippen LogP contribution in [-0.2, 0) is 7.05 Å². The summed E-state index contributed by atoms with van der Waals surface area (Å²) in [5.41, 5.74) is 10.7. The van der Waals surface area contributed by atoms with E-state index in [1.165, 1.54) is 6.20 Å². The molecule has 0 saturated heterocycles. The van der Waals surface area contributed by atoms with Gasteiger partial charge < -0.3 is 10.3 Å². The number of rotatable bonds is 2. The predicted octanol–water partition coefficient (Wildman–Crippen LogP) is 1.69. The molecule has 4 aromatic rings. The second kappa shape index (κ2) is 4.64. The SMILES string of the molecule is Cc1cc(-c2ccc3ncn(C)c3c2)nc2c(C(N)=O)cnn12. The summed E-state index contributed by atoms with van der Waals surface area (Å²) in [6, 6.07) is 7.88. The molecule has 0 saturated carbocycles. The van der Waals surface area contributed by atoms with Gasteiger partial charge in [-0.05, 0) is 25.1 Å². The minimum atomic E-state index is -0.536. The smallest absolute Gasteiger partial charge is 0.254 e. The van der Waals surface area contributed by atoms with Crippen LogP contribution < -0.4 is 5.73 Å². The van der Waals surface area contributed by atoms with Gasteiger partial charge in [-0.2, -0.15) is 5.10 Å². The highest BCUT2D eigenvalue weighted by molar-refractivity contribution is 5.98.